The van der Waals surface area contributed by atoms with Crippen molar-refractivity contribution in [2.24, 2.45) is 5.41 Å². The summed E-state index contributed by atoms with van der Waals surface area (Å²) in [5.41, 5.74) is 1.74. The molecule has 1 rings (SSSR count). The molecule has 0 N–H and O–H groups in total. The molecule has 1 aromatic carbocycles. The monoisotopic (exact) mass is 305 g/mol. The molecule has 3 nitrogen and oxygen atoms in total. The van der Waals surface area contributed by atoms with Crippen molar-refractivity contribution >= 4 is 10.0 Å². The molecule has 0 bridgehead atoms. The van der Waals surface area contributed by atoms with E-state index in [4.69, 9.17) is 6.42 Å². The highest BCUT2D eigenvalue weighted by Crippen LogP contribution is 2.28. The summed E-state index contributed by atoms with van der Waals surface area (Å²) in [6, 6.07) is 9.00. The maximum atomic E-state index is 12.6. The van der Waals surface area contributed by atoms with Crippen molar-refractivity contribution in [3.8, 4) is 12.5 Å². The van der Waals surface area contributed by atoms with E-state index < -0.39 is 10.0 Å². The van der Waals surface area contributed by atoms with Crippen LogP contribution in [0.5, 0.6) is 0 Å². The molecule has 0 fully saturated rings. The first-order valence-corrected chi connectivity index (χ1v) is 8.22. The van der Waals surface area contributed by atoms with Gasteiger partial charge in [0.15, 0.2) is 0 Å². The van der Waals surface area contributed by atoms with E-state index in [-0.39, 0.29) is 16.9 Å². The summed E-state index contributed by atoms with van der Waals surface area (Å²) in [4.78, 5) is 0.220. The van der Waals surface area contributed by atoms with Crippen LogP contribution in [0.1, 0.15) is 32.8 Å². The average Bonchev–Trinajstić information content (AvgIpc) is 2.34. The normalized spacial score (nSPS) is 11.8. The van der Waals surface area contributed by atoms with Gasteiger partial charge in [-0.15, -0.1) is 6.58 Å². The number of allylic oxidation sites excluding steroid dienone is 1. The molecule has 0 spiro atoms. The number of hydrogen-bond donors (Lipinski definition) is 0. The van der Waals surface area contributed by atoms with Gasteiger partial charge in [0, 0.05) is 12.6 Å². The molecular formula is C17H23NO2S. The predicted molar refractivity (Wildman–Crippen MR) is 87.1 cm³/mol. The van der Waals surface area contributed by atoms with Gasteiger partial charge in [-0.2, -0.15) is 0 Å². The van der Waals surface area contributed by atoms with Gasteiger partial charge in [-0.1, -0.05) is 43.5 Å². The Hall–Kier alpha value is -1.73. The Balaban J connectivity index is 3.07. The van der Waals surface area contributed by atoms with E-state index in [0.29, 0.717) is 6.42 Å². The Morgan fingerprint density at radius 3 is 2.29 bits per heavy atom. The molecule has 1 aromatic rings. The summed E-state index contributed by atoms with van der Waals surface area (Å²) in [7, 11) is -3.67. The fourth-order valence-electron chi connectivity index (χ4n) is 2.30. The van der Waals surface area contributed by atoms with Crippen LogP contribution in [0.3, 0.4) is 0 Å². The highest BCUT2D eigenvalue weighted by molar-refractivity contribution is 7.89. The highest BCUT2D eigenvalue weighted by Gasteiger charge is 2.29. The minimum Gasteiger partial charge on any atom is -0.224 e. The molecule has 0 aliphatic heterocycles. The molecule has 0 aliphatic rings. The first-order valence-electron chi connectivity index (χ1n) is 6.78. The Morgan fingerprint density at radius 1 is 1.33 bits per heavy atom. The Morgan fingerprint density at radius 2 is 1.86 bits per heavy atom. The molecule has 114 valence electrons. The third-order valence-electron chi connectivity index (χ3n) is 3.10. The fraction of sp³-hybridized carbons (Fsp3) is 0.412. The average molecular weight is 305 g/mol. The predicted octanol–water partition coefficient (Wildman–Crippen LogP) is 3.57. The largest absolute Gasteiger partial charge is 0.270 e. The third-order valence-corrected chi connectivity index (χ3v) is 4.79. The molecular weight excluding hydrogens is 282 g/mol. The highest BCUT2D eigenvalue weighted by atomic mass is 32.2. The van der Waals surface area contributed by atoms with Gasteiger partial charge in [0.1, 0.15) is 0 Å². The van der Waals surface area contributed by atoms with Crippen molar-refractivity contribution in [3.63, 3.8) is 0 Å². The SMILES string of the molecule is C#CN(CC(C)(C)CC(=C)C)S(=O)(=O)c1ccc(C)cc1. The van der Waals surface area contributed by atoms with Gasteiger partial charge in [0.25, 0.3) is 10.0 Å². The second-order valence-corrected chi connectivity index (χ2v) is 8.11. The number of nitrogens with zero attached hydrogens (tertiary/aromatic N) is 1. The zero-order valence-electron chi connectivity index (χ0n) is 13.2. The van der Waals surface area contributed by atoms with Crippen molar-refractivity contribution in [3.05, 3.63) is 42.0 Å². The van der Waals surface area contributed by atoms with Gasteiger partial charge < -0.3 is 0 Å². The Bertz CT molecular complexity index is 649. The van der Waals surface area contributed by atoms with E-state index >= 15 is 0 Å². The number of sulfonamides is 1. The zero-order valence-corrected chi connectivity index (χ0v) is 14.0. The molecule has 0 aliphatic carbocycles. The van der Waals surface area contributed by atoms with E-state index in [1.54, 1.807) is 24.3 Å². The van der Waals surface area contributed by atoms with E-state index in [0.717, 1.165) is 15.4 Å². The molecule has 0 radical (unpaired) electrons. The van der Waals surface area contributed by atoms with Gasteiger partial charge in [0.05, 0.1) is 4.90 Å². The molecule has 0 unspecified atom stereocenters. The first kappa shape index (κ1) is 17.3. The van der Waals surface area contributed by atoms with Gasteiger partial charge in [-0.3, -0.25) is 0 Å². The smallest absolute Gasteiger partial charge is 0.224 e. The van der Waals surface area contributed by atoms with Crippen molar-refractivity contribution in [1.29, 1.82) is 0 Å². The quantitative estimate of drug-likeness (QED) is 0.458. The third kappa shape index (κ3) is 4.64. The van der Waals surface area contributed by atoms with Crippen LogP contribution in [0.2, 0.25) is 0 Å². The van der Waals surface area contributed by atoms with Gasteiger partial charge in [0.2, 0.25) is 0 Å². The number of benzene rings is 1. The standard InChI is InChI=1S/C17H23NO2S/c1-7-18(13-17(5,6)12-14(2)3)21(19,20)16-10-8-15(4)9-11-16/h1,8-11H,2,12-13H2,3-6H3. The van der Waals surface area contributed by atoms with Crippen LogP contribution in [-0.4, -0.2) is 19.3 Å². The molecule has 4 heteroatoms. The number of aryl methyl sites for hydroxylation is 1. The minimum absolute atomic E-state index is 0.220. The van der Waals surface area contributed by atoms with Crippen LogP contribution >= 0.6 is 0 Å². The van der Waals surface area contributed by atoms with E-state index in [2.05, 4.69) is 12.6 Å². The molecule has 0 saturated heterocycles. The summed E-state index contributed by atoms with van der Waals surface area (Å²) in [6.45, 7) is 11.9. The van der Waals surface area contributed by atoms with Crippen molar-refractivity contribution in [2.45, 2.75) is 39.0 Å². The van der Waals surface area contributed by atoms with E-state index in [1.165, 1.54) is 0 Å². The molecule has 0 atom stereocenters. The summed E-state index contributed by atoms with van der Waals surface area (Å²) in [5, 5.41) is 0. The summed E-state index contributed by atoms with van der Waals surface area (Å²) < 4.78 is 26.3. The van der Waals surface area contributed by atoms with Crippen LogP contribution < -0.4 is 0 Å². The van der Waals surface area contributed by atoms with Crippen LogP contribution in [0.15, 0.2) is 41.3 Å². The maximum absolute atomic E-state index is 12.6. The van der Waals surface area contributed by atoms with Gasteiger partial charge >= 0.3 is 0 Å². The van der Waals surface area contributed by atoms with Crippen LogP contribution in [-0.2, 0) is 10.0 Å². The zero-order chi connectivity index (χ0) is 16.3. The van der Waals surface area contributed by atoms with E-state index in [9.17, 15) is 8.42 Å². The minimum atomic E-state index is -3.67. The molecule has 0 heterocycles. The fourth-order valence-corrected chi connectivity index (χ4v) is 3.69. The lowest BCUT2D eigenvalue weighted by molar-refractivity contribution is 0.301. The lowest BCUT2D eigenvalue weighted by Gasteiger charge is -2.30. The number of terminal acetylenes is 1. The summed E-state index contributed by atoms with van der Waals surface area (Å²) >= 11 is 0. The second-order valence-electron chi connectivity index (χ2n) is 6.25. The number of hydrogen-bond acceptors (Lipinski definition) is 2. The maximum Gasteiger partial charge on any atom is 0.270 e. The molecule has 21 heavy (non-hydrogen) atoms. The van der Waals surface area contributed by atoms with E-state index in [1.807, 2.05) is 27.7 Å². The van der Waals surface area contributed by atoms with Gasteiger partial charge in [-0.05, 0) is 37.8 Å². The molecule has 0 aromatic heterocycles. The van der Waals surface area contributed by atoms with Crippen molar-refractivity contribution in [1.82, 2.24) is 4.31 Å². The summed E-state index contributed by atoms with van der Waals surface area (Å²) in [5.74, 6) is 0. The van der Waals surface area contributed by atoms with Crippen molar-refractivity contribution in [2.75, 3.05) is 6.54 Å². The number of rotatable bonds is 6. The summed E-state index contributed by atoms with van der Waals surface area (Å²) in [6.07, 6.45) is 6.16. The van der Waals surface area contributed by atoms with Gasteiger partial charge in [-0.25, -0.2) is 12.7 Å². The lowest BCUT2D eigenvalue weighted by Crippen LogP contribution is -2.35. The Kier molecular flexibility index (Phi) is 5.25. The molecule has 0 saturated carbocycles. The lowest BCUT2D eigenvalue weighted by atomic mass is 9.86. The van der Waals surface area contributed by atoms with Crippen LogP contribution in [0.4, 0.5) is 0 Å². The Labute approximate surface area is 128 Å². The topological polar surface area (TPSA) is 37.4 Å². The molecule has 0 amide bonds. The second kappa shape index (κ2) is 6.36. The van der Waals surface area contributed by atoms with Crippen LogP contribution in [0.25, 0.3) is 0 Å². The van der Waals surface area contributed by atoms with Crippen molar-refractivity contribution < 1.29 is 8.42 Å². The first-order chi connectivity index (χ1) is 9.58. The van der Waals surface area contributed by atoms with Crippen LogP contribution in [0, 0.1) is 24.8 Å².